The van der Waals surface area contributed by atoms with Crippen molar-refractivity contribution < 1.29 is 22.7 Å². The summed E-state index contributed by atoms with van der Waals surface area (Å²) >= 11 is 12.4. The highest BCUT2D eigenvalue weighted by Gasteiger charge is 2.32. The molecule has 2 amide bonds. The van der Waals surface area contributed by atoms with Crippen LogP contribution < -0.4 is 14.4 Å². The molecule has 0 aliphatic carbocycles. The van der Waals surface area contributed by atoms with E-state index < -0.39 is 28.5 Å². The summed E-state index contributed by atoms with van der Waals surface area (Å²) in [6, 6.07) is 19.7. The maximum atomic E-state index is 13.9. The van der Waals surface area contributed by atoms with Gasteiger partial charge in [-0.1, -0.05) is 65.7 Å². The zero-order valence-electron chi connectivity index (χ0n) is 21.2. The van der Waals surface area contributed by atoms with Crippen molar-refractivity contribution in [3.05, 3.63) is 94.0 Å². The van der Waals surface area contributed by atoms with Gasteiger partial charge in [-0.2, -0.15) is 0 Å². The van der Waals surface area contributed by atoms with Gasteiger partial charge in [0, 0.05) is 25.0 Å². The lowest BCUT2D eigenvalue weighted by molar-refractivity contribution is -0.139. The van der Waals surface area contributed by atoms with Gasteiger partial charge in [0.15, 0.2) is 0 Å². The summed E-state index contributed by atoms with van der Waals surface area (Å²) in [6.07, 6.45) is 1.22. The van der Waals surface area contributed by atoms with Gasteiger partial charge >= 0.3 is 0 Å². The maximum absolute atomic E-state index is 13.9. The first kappa shape index (κ1) is 29.3. The van der Waals surface area contributed by atoms with Gasteiger partial charge in [-0.05, 0) is 41.5 Å². The molecule has 8 nitrogen and oxygen atoms in total. The number of rotatable bonds is 11. The standard InChI is InChI=1S/C27H29Cl2N3O5S/c1-30-27(34)24(15-19-8-5-4-6-9-19)31(17-20-10-7-11-21(28)14-20)26(33)18-32(38(3,35)36)22-12-13-25(37-2)23(29)16-22/h4-14,16,24H,15,17-18H2,1-3H3,(H,30,34)/t24-/m0/s1. The SMILES string of the molecule is CNC(=O)[C@H](Cc1ccccc1)N(Cc1cccc(Cl)c1)C(=O)CN(c1ccc(OC)c(Cl)c1)S(C)(=O)=O. The summed E-state index contributed by atoms with van der Waals surface area (Å²) in [4.78, 5) is 28.3. The molecule has 0 bridgehead atoms. The molecule has 1 atom stereocenters. The molecule has 3 rings (SSSR count). The Morgan fingerprint density at radius 1 is 0.974 bits per heavy atom. The molecule has 0 saturated heterocycles. The van der Waals surface area contributed by atoms with Crippen molar-refractivity contribution >= 4 is 50.7 Å². The second kappa shape index (κ2) is 13.0. The zero-order chi connectivity index (χ0) is 27.9. The van der Waals surface area contributed by atoms with Crippen molar-refractivity contribution in [1.82, 2.24) is 10.2 Å². The van der Waals surface area contributed by atoms with Crippen molar-refractivity contribution in [1.29, 1.82) is 0 Å². The summed E-state index contributed by atoms with van der Waals surface area (Å²) in [5, 5.41) is 3.29. The Balaban J connectivity index is 2.03. The van der Waals surface area contributed by atoms with Crippen LogP contribution in [0.2, 0.25) is 10.0 Å². The number of nitrogens with zero attached hydrogens (tertiary/aromatic N) is 2. The van der Waals surface area contributed by atoms with Crippen molar-refractivity contribution in [2.24, 2.45) is 0 Å². The van der Waals surface area contributed by atoms with Crippen LogP contribution in [0.3, 0.4) is 0 Å². The average Bonchev–Trinajstić information content (AvgIpc) is 2.88. The molecule has 0 aromatic heterocycles. The van der Waals surface area contributed by atoms with Crippen LogP contribution in [-0.2, 0) is 32.6 Å². The van der Waals surface area contributed by atoms with E-state index in [1.165, 1.54) is 37.3 Å². The van der Waals surface area contributed by atoms with Crippen LogP contribution in [0.25, 0.3) is 0 Å². The van der Waals surface area contributed by atoms with Gasteiger partial charge in [0.25, 0.3) is 0 Å². The summed E-state index contributed by atoms with van der Waals surface area (Å²) < 4.78 is 31.7. The van der Waals surface area contributed by atoms with E-state index >= 15 is 0 Å². The third-order valence-electron chi connectivity index (χ3n) is 5.86. The van der Waals surface area contributed by atoms with Crippen LogP contribution >= 0.6 is 23.2 Å². The van der Waals surface area contributed by atoms with Crippen LogP contribution in [-0.4, -0.2) is 58.1 Å². The van der Waals surface area contributed by atoms with Gasteiger partial charge < -0.3 is 15.0 Å². The van der Waals surface area contributed by atoms with E-state index in [4.69, 9.17) is 27.9 Å². The molecule has 0 heterocycles. The molecule has 3 aromatic carbocycles. The number of hydrogen-bond acceptors (Lipinski definition) is 5. The van der Waals surface area contributed by atoms with E-state index in [0.717, 1.165) is 16.1 Å². The first-order valence-electron chi connectivity index (χ1n) is 11.6. The number of sulfonamides is 1. The molecular formula is C27H29Cl2N3O5S. The molecule has 0 unspecified atom stereocenters. The van der Waals surface area contributed by atoms with Gasteiger partial charge in [-0.3, -0.25) is 13.9 Å². The number of benzene rings is 3. The third kappa shape index (κ3) is 7.63. The van der Waals surface area contributed by atoms with Gasteiger partial charge in [0.2, 0.25) is 21.8 Å². The number of amides is 2. The summed E-state index contributed by atoms with van der Waals surface area (Å²) in [5.41, 5.74) is 1.71. The van der Waals surface area contributed by atoms with Crippen molar-refractivity contribution in [3.8, 4) is 5.75 Å². The second-order valence-electron chi connectivity index (χ2n) is 8.56. The number of halogens is 2. The van der Waals surface area contributed by atoms with E-state index in [1.54, 1.807) is 24.3 Å². The summed E-state index contributed by atoms with van der Waals surface area (Å²) in [6.45, 7) is -0.518. The van der Waals surface area contributed by atoms with Crippen LogP contribution in [0.4, 0.5) is 5.69 Å². The van der Waals surface area contributed by atoms with Crippen LogP contribution in [0.1, 0.15) is 11.1 Å². The number of likely N-dealkylation sites (N-methyl/N-ethyl adjacent to an activating group) is 1. The van der Waals surface area contributed by atoms with E-state index in [-0.39, 0.29) is 29.6 Å². The lowest BCUT2D eigenvalue weighted by atomic mass is 10.0. The van der Waals surface area contributed by atoms with Crippen molar-refractivity contribution in [2.75, 3.05) is 31.3 Å². The lowest BCUT2D eigenvalue weighted by Crippen LogP contribution is -2.52. The van der Waals surface area contributed by atoms with Crippen molar-refractivity contribution in [3.63, 3.8) is 0 Å². The minimum atomic E-state index is -3.91. The Bertz CT molecular complexity index is 1390. The van der Waals surface area contributed by atoms with Gasteiger partial charge in [0.05, 0.1) is 24.1 Å². The smallest absolute Gasteiger partial charge is 0.244 e. The largest absolute Gasteiger partial charge is 0.495 e. The molecule has 202 valence electrons. The van der Waals surface area contributed by atoms with Crippen LogP contribution in [0.15, 0.2) is 72.8 Å². The Morgan fingerprint density at radius 3 is 2.24 bits per heavy atom. The Kier molecular flexibility index (Phi) is 10.0. The number of carbonyl (C=O) groups excluding carboxylic acids is 2. The molecule has 0 radical (unpaired) electrons. The molecule has 0 aliphatic rings. The Morgan fingerprint density at radius 2 is 1.66 bits per heavy atom. The topological polar surface area (TPSA) is 96.0 Å². The Labute approximate surface area is 233 Å². The minimum absolute atomic E-state index is 0.0330. The van der Waals surface area contributed by atoms with E-state index in [0.29, 0.717) is 16.3 Å². The number of ether oxygens (including phenoxy) is 1. The van der Waals surface area contributed by atoms with E-state index in [1.807, 2.05) is 30.3 Å². The number of carbonyl (C=O) groups is 2. The molecule has 0 spiro atoms. The first-order chi connectivity index (χ1) is 18.0. The molecule has 0 fully saturated rings. The summed E-state index contributed by atoms with van der Waals surface area (Å²) in [7, 11) is -0.975. The quantitative estimate of drug-likeness (QED) is 0.369. The lowest BCUT2D eigenvalue weighted by Gasteiger charge is -2.33. The van der Waals surface area contributed by atoms with Crippen molar-refractivity contribution in [2.45, 2.75) is 19.0 Å². The highest BCUT2D eigenvalue weighted by Crippen LogP contribution is 2.30. The van der Waals surface area contributed by atoms with E-state index in [9.17, 15) is 18.0 Å². The summed E-state index contributed by atoms with van der Waals surface area (Å²) in [5.74, 6) is -0.602. The van der Waals surface area contributed by atoms with E-state index in [2.05, 4.69) is 5.32 Å². The fourth-order valence-corrected chi connectivity index (χ4v) is 5.28. The molecule has 3 aromatic rings. The Hall–Kier alpha value is -3.27. The molecule has 1 N–H and O–H groups in total. The van der Waals surface area contributed by atoms with Gasteiger partial charge in [0.1, 0.15) is 18.3 Å². The number of nitrogens with one attached hydrogen (secondary N) is 1. The molecular weight excluding hydrogens is 549 g/mol. The fourth-order valence-electron chi connectivity index (χ4n) is 3.98. The zero-order valence-corrected chi connectivity index (χ0v) is 23.6. The molecule has 0 aliphatic heterocycles. The maximum Gasteiger partial charge on any atom is 0.244 e. The highest BCUT2D eigenvalue weighted by atomic mass is 35.5. The monoisotopic (exact) mass is 577 g/mol. The number of anilines is 1. The third-order valence-corrected chi connectivity index (χ3v) is 7.53. The predicted molar refractivity (Wildman–Crippen MR) is 150 cm³/mol. The number of methoxy groups -OCH3 is 1. The number of hydrogen-bond donors (Lipinski definition) is 1. The first-order valence-corrected chi connectivity index (χ1v) is 14.2. The second-order valence-corrected chi connectivity index (χ2v) is 11.3. The molecule has 38 heavy (non-hydrogen) atoms. The van der Waals surface area contributed by atoms with Gasteiger partial charge in [-0.25, -0.2) is 8.42 Å². The predicted octanol–water partition coefficient (Wildman–Crippen LogP) is 4.15. The molecule has 0 saturated carbocycles. The average molecular weight is 579 g/mol. The van der Waals surface area contributed by atoms with Crippen LogP contribution in [0.5, 0.6) is 5.75 Å². The highest BCUT2D eigenvalue weighted by molar-refractivity contribution is 7.92. The minimum Gasteiger partial charge on any atom is -0.495 e. The molecule has 11 heteroatoms. The van der Waals surface area contributed by atoms with Gasteiger partial charge in [-0.15, -0.1) is 0 Å². The fraction of sp³-hybridized carbons (Fsp3) is 0.259. The normalized spacial score (nSPS) is 11.9. The van der Waals surface area contributed by atoms with Crippen LogP contribution in [0, 0.1) is 0 Å².